The maximum Gasteiger partial charge on any atom is 0.173 e. The lowest BCUT2D eigenvalue weighted by atomic mass is 9.67. The number of hydrogen-bond donors (Lipinski definition) is 2. The molecule has 0 spiro atoms. The van der Waals surface area contributed by atoms with Gasteiger partial charge >= 0.3 is 0 Å². The average Bonchev–Trinajstić information content (AvgIpc) is 2.98. The number of hydrogen-bond acceptors (Lipinski definition) is 5. The van der Waals surface area contributed by atoms with Gasteiger partial charge in [-0.3, -0.25) is 0 Å². The molecular weight excluding hydrogens is 296 g/mol. The smallest absolute Gasteiger partial charge is 0.173 e. The van der Waals surface area contributed by atoms with Gasteiger partial charge in [0.25, 0.3) is 0 Å². The van der Waals surface area contributed by atoms with Crippen molar-refractivity contribution < 1.29 is 24.4 Å². The lowest BCUT2D eigenvalue weighted by Gasteiger charge is -2.47. The maximum absolute atomic E-state index is 11.0. The molecular formula is C18H34O5. The van der Waals surface area contributed by atoms with Crippen molar-refractivity contribution in [1.82, 2.24) is 0 Å². The van der Waals surface area contributed by atoms with E-state index in [9.17, 15) is 10.2 Å². The standard InChI is InChI=1S/C18H34O5/c1-12-11-23-18(20,15(12,3)4)10-14(19)13(2)16(5,6)17(7)21-8-9-22-17/h12-14,19-20H,8-11H2,1-7H3. The molecule has 23 heavy (non-hydrogen) atoms. The van der Waals surface area contributed by atoms with E-state index in [1.165, 1.54) is 0 Å². The van der Waals surface area contributed by atoms with E-state index in [1.807, 2.05) is 41.5 Å². The second kappa shape index (κ2) is 5.95. The molecule has 0 radical (unpaired) electrons. The van der Waals surface area contributed by atoms with Crippen LogP contribution in [0.5, 0.6) is 0 Å². The minimum absolute atomic E-state index is 0.134. The van der Waals surface area contributed by atoms with Crippen LogP contribution in [0.25, 0.3) is 0 Å². The Balaban J connectivity index is 2.12. The van der Waals surface area contributed by atoms with E-state index in [2.05, 4.69) is 6.92 Å². The summed E-state index contributed by atoms with van der Waals surface area (Å²) in [6.07, 6.45) is -0.533. The maximum atomic E-state index is 11.0. The van der Waals surface area contributed by atoms with Gasteiger partial charge in [0.15, 0.2) is 11.6 Å². The lowest BCUT2D eigenvalue weighted by molar-refractivity contribution is -0.260. The van der Waals surface area contributed by atoms with Crippen molar-refractivity contribution in [2.45, 2.75) is 72.6 Å². The van der Waals surface area contributed by atoms with Crippen molar-refractivity contribution in [3.05, 3.63) is 0 Å². The fourth-order valence-electron chi connectivity index (χ4n) is 3.61. The molecule has 5 heteroatoms. The van der Waals surface area contributed by atoms with Gasteiger partial charge in [-0.25, -0.2) is 0 Å². The highest BCUT2D eigenvalue weighted by Crippen LogP contribution is 2.50. The van der Waals surface area contributed by atoms with Crippen LogP contribution in [0.4, 0.5) is 0 Å². The Bertz CT molecular complexity index is 427. The Labute approximate surface area is 140 Å². The molecule has 2 heterocycles. The molecule has 2 N–H and O–H groups in total. The average molecular weight is 330 g/mol. The largest absolute Gasteiger partial charge is 0.393 e. The van der Waals surface area contributed by atoms with Gasteiger partial charge in [-0.1, -0.05) is 41.5 Å². The zero-order valence-corrected chi connectivity index (χ0v) is 15.7. The van der Waals surface area contributed by atoms with Crippen molar-refractivity contribution in [1.29, 1.82) is 0 Å². The third-order valence-electron chi connectivity index (χ3n) is 7.02. The molecule has 0 aliphatic carbocycles. The van der Waals surface area contributed by atoms with Crippen LogP contribution in [-0.2, 0) is 14.2 Å². The van der Waals surface area contributed by atoms with E-state index in [0.717, 1.165) is 0 Å². The first-order chi connectivity index (χ1) is 10.4. The number of rotatable bonds is 5. The van der Waals surface area contributed by atoms with Crippen LogP contribution in [0.1, 0.15) is 54.9 Å². The third-order valence-corrected chi connectivity index (χ3v) is 7.02. The first-order valence-corrected chi connectivity index (χ1v) is 8.70. The Morgan fingerprint density at radius 1 is 1.13 bits per heavy atom. The van der Waals surface area contributed by atoms with E-state index in [4.69, 9.17) is 14.2 Å². The van der Waals surface area contributed by atoms with Gasteiger partial charge in [0.05, 0.1) is 25.9 Å². The minimum Gasteiger partial charge on any atom is -0.393 e. The molecule has 5 nitrogen and oxygen atoms in total. The summed E-state index contributed by atoms with van der Waals surface area (Å²) in [6, 6.07) is 0. The Kier molecular flexibility index (Phi) is 4.95. The van der Waals surface area contributed by atoms with Gasteiger partial charge in [-0.05, 0) is 18.8 Å². The van der Waals surface area contributed by atoms with Crippen LogP contribution < -0.4 is 0 Å². The SMILES string of the molecule is CC1COC(O)(CC(O)C(C)C(C)(C)C2(C)OCCO2)C1(C)C. The van der Waals surface area contributed by atoms with Crippen molar-refractivity contribution in [3.8, 4) is 0 Å². The summed E-state index contributed by atoms with van der Waals surface area (Å²) < 4.78 is 17.3. The van der Waals surface area contributed by atoms with Crippen molar-refractivity contribution in [2.75, 3.05) is 19.8 Å². The predicted molar refractivity (Wildman–Crippen MR) is 87.7 cm³/mol. The molecule has 2 fully saturated rings. The summed E-state index contributed by atoms with van der Waals surface area (Å²) in [4.78, 5) is 0. The van der Waals surface area contributed by atoms with Crippen molar-refractivity contribution >= 4 is 0 Å². The molecule has 0 aromatic heterocycles. The predicted octanol–water partition coefficient (Wildman–Crippen LogP) is 2.54. The van der Waals surface area contributed by atoms with Crippen LogP contribution in [0.2, 0.25) is 0 Å². The molecule has 2 aliphatic rings. The molecule has 0 amide bonds. The summed E-state index contributed by atoms with van der Waals surface area (Å²) >= 11 is 0. The molecule has 2 saturated heterocycles. The van der Waals surface area contributed by atoms with E-state index in [1.54, 1.807) is 0 Å². The molecule has 2 aliphatic heterocycles. The molecule has 0 bridgehead atoms. The molecule has 136 valence electrons. The molecule has 0 saturated carbocycles. The Hall–Kier alpha value is -0.200. The molecule has 4 unspecified atom stereocenters. The zero-order chi connectivity index (χ0) is 17.7. The fourth-order valence-corrected chi connectivity index (χ4v) is 3.61. The highest BCUT2D eigenvalue weighted by atomic mass is 16.7. The summed E-state index contributed by atoms with van der Waals surface area (Å²) in [5, 5.41) is 21.8. The molecule has 0 aromatic carbocycles. The Morgan fingerprint density at radius 2 is 1.65 bits per heavy atom. The summed E-state index contributed by atoms with van der Waals surface area (Å²) in [5.74, 6) is -1.93. The van der Waals surface area contributed by atoms with Crippen LogP contribution in [-0.4, -0.2) is 47.7 Å². The quantitative estimate of drug-likeness (QED) is 0.811. The van der Waals surface area contributed by atoms with Gasteiger partial charge in [0.1, 0.15) is 0 Å². The second-order valence-electron chi connectivity index (χ2n) is 8.64. The summed E-state index contributed by atoms with van der Waals surface area (Å²) in [6.45, 7) is 15.7. The first-order valence-electron chi connectivity index (χ1n) is 8.70. The van der Waals surface area contributed by atoms with Crippen LogP contribution >= 0.6 is 0 Å². The number of aliphatic hydroxyl groups excluding tert-OH is 1. The third kappa shape index (κ3) is 2.95. The van der Waals surface area contributed by atoms with E-state index in [-0.39, 0.29) is 18.3 Å². The highest BCUT2D eigenvalue weighted by Gasteiger charge is 2.57. The van der Waals surface area contributed by atoms with Gasteiger partial charge in [-0.15, -0.1) is 0 Å². The van der Waals surface area contributed by atoms with Gasteiger partial charge < -0.3 is 24.4 Å². The van der Waals surface area contributed by atoms with Crippen LogP contribution in [0.15, 0.2) is 0 Å². The van der Waals surface area contributed by atoms with Crippen LogP contribution in [0.3, 0.4) is 0 Å². The van der Waals surface area contributed by atoms with Gasteiger partial charge in [0.2, 0.25) is 0 Å². The number of aliphatic hydroxyl groups is 2. The van der Waals surface area contributed by atoms with Crippen LogP contribution in [0, 0.1) is 22.7 Å². The summed E-state index contributed by atoms with van der Waals surface area (Å²) in [5.41, 5.74) is -0.810. The topological polar surface area (TPSA) is 68.2 Å². The highest BCUT2D eigenvalue weighted by molar-refractivity contribution is 4.99. The van der Waals surface area contributed by atoms with E-state index < -0.39 is 28.5 Å². The zero-order valence-electron chi connectivity index (χ0n) is 15.7. The lowest BCUT2D eigenvalue weighted by Crippen LogP contribution is -2.53. The van der Waals surface area contributed by atoms with Crippen molar-refractivity contribution in [3.63, 3.8) is 0 Å². The minimum atomic E-state index is -1.31. The first kappa shape index (κ1) is 19.1. The normalized spacial score (nSPS) is 36.1. The fraction of sp³-hybridized carbons (Fsp3) is 1.00. The molecule has 0 aromatic rings. The van der Waals surface area contributed by atoms with Gasteiger partial charge in [-0.2, -0.15) is 0 Å². The number of ether oxygens (including phenoxy) is 3. The van der Waals surface area contributed by atoms with Crippen molar-refractivity contribution in [2.24, 2.45) is 22.7 Å². The monoisotopic (exact) mass is 330 g/mol. The summed E-state index contributed by atoms with van der Waals surface area (Å²) in [7, 11) is 0. The van der Waals surface area contributed by atoms with E-state index in [0.29, 0.717) is 19.8 Å². The molecule has 4 atom stereocenters. The Morgan fingerprint density at radius 3 is 2.09 bits per heavy atom. The molecule has 2 rings (SSSR count). The second-order valence-corrected chi connectivity index (χ2v) is 8.64. The van der Waals surface area contributed by atoms with Gasteiger partial charge in [0, 0.05) is 17.3 Å². The van der Waals surface area contributed by atoms with E-state index >= 15 is 0 Å².